The number of fused-ring (bicyclic) bond motifs is 3. The van der Waals surface area contributed by atoms with Crippen molar-refractivity contribution in [1.82, 2.24) is 0 Å². The number of anilines is 2. The van der Waals surface area contributed by atoms with Crippen LogP contribution in [0.3, 0.4) is 0 Å². The van der Waals surface area contributed by atoms with Gasteiger partial charge in [-0.1, -0.05) is 50.2 Å². The van der Waals surface area contributed by atoms with Gasteiger partial charge in [0.25, 0.3) is 0 Å². The van der Waals surface area contributed by atoms with Crippen LogP contribution >= 0.6 is 34.2 Å². The molecule has 0 aliphatic carbocycles. The third-order valence-electron chi connectivity index (χ3n) is 4.45. The summed E-state index contributed by atoms with van der Waals surface area (Å²) in [5.74, 6) is 0.372. The van der Waals surface area contributed by atoms with Crippen molar-refractivity contribution in [3.05, 3.63) is 72.0 Å². The van der Waals surface area contributed by atoms with Crippen LogP contribution in [0.1, 0.15) is 25.3 Å². The van der Waals surface area contributed by atoms with Crippen LogP contribution in [0, 0.1) is 5.82 Å². The van der Waals surface area contributed by atoms with Crippen molar-refractivity contribution in [3.8, 4) is 0 Å². The van der Waals surface area contributed by atoms with Crippen LogP contribution in [-0.2, 0) is 0 Å². The smallest absolute Gasteiger partial charge is 0.141 e. The molecule has 0 N–H and O–H groups in total. The molecule has 4 aromatic rings. The molecule has 0 saturated heterocycles. The van der Waals surface area contributed by atoms with Gasteiger partial charge in [-0.15, -0.1) is 11.3 Å². The number of nitrogens with zero attached hydrogens (tertiary/aromatic N) is 1. The fourth-order valence-electron chi connectivity index (χ4n) is 3.05. The fraction of sp³-hybridized carbons (Fsp3) is 0.143. The Morgan fingerprint density at radius 1 is 0.880 bits per heavy atom. The van der Waals surface area contributed by atoms with Crippen LogP contribution in [0.25, 0.3) is 20.2 Å². The second-order valence-corrected chi connectivity index (χ2v) is 8.38. The van der Waals surface area contributed by atoms with Gasteiger partial charge in [0.05, 0.1) is 43.6 Å². The molecule has 126 valence electrons. The van der Waals surface area contributed by atoms with E-state index in [9.17, 15) is 4.39 Å². The lowest BCUT2D eigenvalue weighted by Crippen LogP contribution is -2.01. The number of rotatable bonds is 3. The van der Waals surface area contributed by atoms with E-state index in [0.717, 1.165) is 31.5 Å². The van der Waals surface area contributed by atoms with Crippen molar-refractivity contribution >= 4 is 65.7 Å². The first-order chi connectivity index (χ1) is 12.1. The molecule has 4 rings (SSSR count). The summed E-state index contributed by atoms with van der Waals surface area (Å²) in [6.07, 6.45) is 0. The van der Waals surface area contributed by atoms with Crippen molar-refractivity contribution in [2.24, 2.45) is 0 Å². The third kappa shape index (κ3) is 2.91. The Morgan fingerprint density at radius 2 is 1.52 bits per heavy atom. The molecular weight excluding hydrogens is 444 g/mol. The molecule has 0 radical (unpaired) electrons. The van der Waals surface area contributed by atoms with Gasteiger partial charge in [0.1, 0.15) is 5.82 Å². The topological polar surface area (TPSA) is 3.24 Å². The van der Waals surface area contributed by atoms with Gasteiger partial charge < -0.3 is 0 Å². The Bertz CT molecular complexity index is 1050. The molecule has 0 aliphatic heterocycles. The molecule has 1 heterocycles. The van der Waals surface area contributed by atoms with E-state index in [1.54, 1.807) is 6.07 Å². The highest BCUT2D eigenvalue weighted by molar-refractivity contribution is 14.1. The first-order valence-corrected chi connectivity index (χ1v) is 10.00. The molecule has 0 bridgehead atoms. The zero-order valence-electron chi connectivity index (χ0n) is 14.0. The van der Waals surface area contributed by atoms with Gasteiger partial charge in [0.15, 0.2) is 0 Å². The predicted molar refractivity (Wildman–Crippen MR) is 116 cm³/mol. The lowest BCUT2D eigenvalue weighted by Gasteiger charge is -2.18. The van der Waals surface area contributed by atoms with Crippen molar-refractivity contribution in [2.75, 3.05) is 3.11 Å². The van der Waals surface area contributed by atoms with Gasteiger partial charge in [-0.25, -0.2) is 4.39 Å². The highest BCUT2D eigenvalue weighted by atomic mass is 127. The van der Waals surface area contributed by atoms with E-state index in [-0.39, 0.29) is 5.82 Å². The lowest BCUT2D eigenvalue weighted by molar-refractivity contribution is 0.642. The Hall–Kier alpha value is -1.66. The van der Waals surface area contributed by atoms with Crippen LogP contribution in [0.2, 0.25) is 0 Å². The van der Waals surface area contributed by atoms with E-state index in [1.807, 2.05) is 12.1 Å². The third-order valence-corrected chi connectivity index (χ3v) is 6.78. The molecule has 0 atom stereocenters. The average molecular weight is 461 g/mol. The average Bonchev–Trinajstić information content (AvgIpc) is 3.01. The maximum absolute atomic E-state index is 14.2. The van der Waals surface area contributed by atoms with Crippen molar-refractivity contribution in [1.29, 1.82) is 0 Å². The maximum atomic E-state index is 14.2. The van der Waals surface area contributed by atoms with E-state index in [1.165, 1.54) is 23.0 Å². The number of hydrogen-bond acceptors (Lipinski definition) is 2. The van der Waals surface area contributed by atoms with Crippen LogP contribution < -0.4 is 3.11 Å². The summed E-state index contributed by atoms with van der Waals surface area (Å²) in [7, 11) is 0. The molecule has 0 amide bonds. The van der Waals surface area contributed by atoms with Gasteiger partial charge in [-0.3, -0.25) is 3.11 Å². The second-order valence-electron chi connectivity index (χ2n) is 6.40. The minimum Gasteiger partial charge on any atom is -0.282 e. The van der Waals surface area contributed by atoms with Crippen LogP contribution in [0.15, 0.2) is 60.7 Å². The molecule has 4 heteroatoms. The first-order valence-electron chi connectivity index (χ1n) is 8.22. The van der Waals surface area contributed by atoms with Crippen LogP contribution in [-0.4, -0.2) is 0 Å². The standard InChI is InChI=1S/C21H17FINS/c1-13(2)14-9-11-15(12-10-14)24(23)19-8-4-6-17-16-5-3-7-18(22)20(16)25-21(17)19/h3-13H,1-2H3. The van der Waals surface area contributed by atoms with Gasteiger partial charge >= 0.3 is 0 Å². The highest BCUT2D eigenvalue weighted by Gasteiger charge is 2.15. The number of hydrogen-bond donors (Lipinski definition) is 0. The monoisotopic (exact) mass is 461 g/mol. The zero-order chi connectivity index (χ0) is 17.6. The summed E-state index contributed by atoms with van der Waals surface area (Å²) < 4.78 is 18.2. The Balaban J connectivity index is 1.85. The molecule has 0 saturated carbocycles. The summed E-state index contributed by atoms with van der Waals surface area (Å²) in [6.45, 7) is 4.40. The van der Waals surface area contributed by atoms with Gasteiger partial charge in [-0.2, -0.15) is 0 Å². The molecule has 1 aromatic heterocycles. The quantitative estimate of drug-likeness (QED) is 0.222. The van der Waals surface area contributed by atoms with Crippen LogP contribution in [0.4, 0.5) is 15.8 Å². The van der Waals surface area contributed by atoms with Crippen LogP contribution in [0.5, 0.6) is 0 Å². The summed E-state index contributed by atoms with van der Waals surface area (Å²) in [4.78, 5) is 0. The molecule has 3 aromatic carbocycles. The molecule has 1 nitrogen and oxygen atoms in total. The highest BCUT2D eigenvalue weighted by Crippen LogP contribution is 2.43. The minimum absolute atomic E-state index is 0.147. The fourth-order valence-corrected chi connectivity index (χ4v) is 5.15. The molecule has 0 spiro atoms. The predicted octanol–water partition coefficient (Wildman–Crippen LogP) is 7.81. The molecule has 25 heavy (non-hydrogen) atoms. The normalized spacial score (nSPS) is 11.6. The summed E-state index contributed by atoms with van der Waals surface area (Å²) in [5.41, 5.74) is 3.54. The van der Waals surface area contributed by atoms with Gasteiger partial charge in [-0.05, 0) is 35.7 Å². The van der Waals surface area contributed by atoms with Crippen molar-refractivity contribution in [3.63, 3.8) is 0 Å². The first kappa shape index (κ1) is 16.8. The number of thiophene rings is 1. The molecule has 0 fully saturated rings. The number of benzene rings is 3. The molecular formula is C21H17FINS. The largest absolute Gasteiger partial charge is 0.282 e. The van der Waals surface area contributed by atoms with E-state index in [2.05, 4.69) is 76.2 Å². The van der Waals surface area contributed by atoms with E-state index < -0.39 is 0 Å². The number of halogens is 2. The molecule has 0 aliphatic rings. The van der Waals surface area contributed by atoms with E-state index in [0.29, 0.717) is 5.92 Å². The molecule has 0 unspecified atom stereocenters. The van der Waals surface area contributed by atoms with E-state index in [4.69, 9.17) is 0 Å². The SMILES string of the molecule is CC(C)c1ccc(N(I)c2cccc3c2sc2c(F)cccc23)cc1. The summed E-state index contributed by atoms with van der Waals surface area (Å²) >= 11 is 3.85. The maximum Gasteiger partial charge on any atom is 0.141 e. The Morgan fingerprint density at radius 3 is 2.20 bits per heavy atom. The minimum atomic E-state index is -0.147. The Kier molecular flexibility index (Phi) is 4.41. The second kappa shape index (κ2) is 6.57. The van der Waals surface area contributed by atoms with Crippen molar-refractivity contribution < 1.29 is 4.39 Å². The van der Waals surface area contributed by atoms with Gasteiger partial charge in [0, 0.05) is 10.8 Å². The Labute approximate surface area is 164 Å². The summed E-state index contributed by atoms with van der Waals surface area (Å²) in [5, 5.41) is 2.10. The summed E-state index contributed by atoms with van der Waals surface area (Å²) in [6, 6.07) is 20.2. The van der Waals surface area contributed by atoms with Crippen molar-refractivity contribution in [2.45, 2.75) is 19.8 Å². The van der Waals surface area contributed by atoms with Gasteiger partial charge in [0.2, 0.25) is 0 Å². The van der Waals surface area contributed by atoms with E-state index >= 15 is 0 Å². The zero-order valence-corrected chi connectivity index (χ0v) is 16.9. The lowest BCUT2D eigenvalue weighted by atomic mass is 10.0.